The third-order valence-electron chi connectivity index (χ3n) is 3.66. The predicted molar refractivity (Wildman–Crippen MR) is 76.9 cm³/mol. The van der Waals surface area contributed by atoms with E-state index in [1.54, 1.807) is 18.2 Å². The Hall–Kier alpha value is -1.85. The summed E-state index contributed by atoms with van der Waals surface area (Å²) < 4.78 is 5.15. The second kappa shape index (κ2) is 5.26. The minimum Gasteiger partial charge on any atom is -0.508 e. The van der Waals surface area contributed by atoms with Crippen molar-refractivity contribution in [1.82, 2.24) is 10.2 Å². The van der Waals surface area contributed by atoms with Gasteiger partial charge in [-0.2, -0.15) is 0 Å². The highest BCUT2D eigenvalue weighted by Gasteiger charge is 2.17. The van der Waals surface area contributed by atoms with E-state index in [1.165, 1.54) is 6.07 Å². The van der Waals surface area contributed by atoms with Gasteiger partial charge in [-0.15, -0.1) is 0 Å². The summed E-state index contributed by atoms with van der Waals surface area (Å²) in [6.45, 7) is 5.76. The smallest absolute Gasteiger partial charge is 0.336 e. The first-order valence-corrected chi connectivity index (χ1v) is 6.83. The minimum atomic E-state index is -0.374. The van der Waals surface area contributed by atoms with Crippen LogP contribution in [-0.2, 0) is 6.54 Å². The van der Waals surface area contributed by atoms with Gasteiger partial charge in [0, 0.05) is 49.7 Å². The van der Waals surface area contributed by atoms with Crippen LogP contribution in [0.15, 0.2) is 33.5 Å². The molecule has 1 aromatic heterocycles. The zero-order valence-electron chi connectivity index (χ0n) is 11.4. The Kier molecular flexibility index (Phi) is 3.46. The fourth-order valence-electron chi connectivity index (χ4n) is 2.75. The molecule has 0 saturated carbocycles. The summed E-state index contributed by atoms with van der Waals surface area (Å²) in [6, 6.07) is 6.91. The fourth-order valence-corrected chi connectivity index (χ4v) is 2.75. The van der Waals surface area contributed by atoms with Crippen molar-refractivity contribution in [3.63, 3.8) is 0 Å². The van der Waals surface area contributed by atoms with Crippen molar-refractivity contribution < 1.29 is 9.52 Å². The third kappa shape index (κ3) is 2.69. The highest BCUT2D eigenvalue weighted by molar-refractivity contribution is 5.81. The van der Waals surface area contributed by atoms with E-state index in [0.717, 1.165) is 37.1 Å². The lowest BCUT2D eigenvalue weighted by Gasteiger charge is -2.31. The lowest BCUT2D eigenvalue weighted by molar-refractivity contribution is 0.200. The van der Waals surface area contributed by atoms with Crippen LogP contribution < -0.4 is 10.9 Å². The summed E-state index contributed by atoms with van der Waals surface area (Å²) in [4.78, 5) is 14.0. The summed E-state index contributed by atoms with van der Waals surface area (Å²) in [5, 5.41) is 13.8. The number of benzene rings is 1. The molecule has 5 nitrogen and oxygen atoms in total. The van der Waals surface area contributed by atoms with Crippen molar-refractivity contribution in [3.8, 4) is 5.75 Å². The molecular formula is C15H18N2O3. The van der Waals surface area contributed by atoms with Crippen LogP contribution in [0.1, 0.15) is 12.5 Å². The van der Waals surface area contributed by atoms with Gasteiger partial charge in [0.2, 0.25) is 0 Å². The number of phenolic OH excluding ortho intramolecular Hbond substituents is 1. The lowest BCUT2D eigenvalue weighted by atomic mass is 10.1. The topological polar surface area (TPSA) is 65.7 Å². The molecule has 1 saturated heterocycles. The maximum absolute atomic E-state index is 11.6. The number of nitrogens with one attached hydrogen (secondary N) is 1. The first-order chi connectivity index (χ1) is 9.61. The van der Waals surface area contributed by atoms with Crippen molar-refractivity contribution in [3.05, 3.63) is 40.2 Å². The van der Waals surface area contributed by atoms with Crippen LogP contribution in [0.25, 0.3) is 11.0 Å². The molecule has 0 bridgehead atoms. The molecule has 1 atom stereocenters. The number of phenols is 1. The summed E-state index contributed by atoms with van der Waals surface area (Å²) in [7, 11) is 0. The minimum absolute atomic E-state index is 0.105. The van der Waals surface area contributed by atoms with Gasteiger partial charge in [0.05, 0.1) is 0 Å². The van der Waals surface area contributed by atoms with Crippen molar-refractivity contribution in [2.24, 2.45) is 0 Å². The molecule has 0 spiro atoms. The monoisotopic (exact) mass is 274 g/mol. The molecule has 0 aliphatic carbocycles. The van der Waals surface area contributed by atoms with Crippen LogP contribution in [0.4, 0.5) is 0 Å². The van der Waals surface area contributed by atoms with E-state index in [2.05, 4.69) is 17.1 Å². The first kappa shape index (κ1) is 13.1. The standard InChI is InChI=1S/C15H18N2O3/c1-10-8-17(5-4-16-10)9-11-6-15(19)20-14-7-12(18)2-3-13(11)14/h2-3,6-7,10,16,18H,4-5,8-9H2,1H3/t10-/m0/s1. The summed E-state index contributed by atoms with van der Waals surface area (Å²) in [5.41, 5.74) is 1.02. The maximum Gasteiger partial charge on any atom is 0.336 e. The van der Waals surface area contributed by atoms with E-state index >= 15 is 0 Å². The van der Waals surface area contributed by atoms with E-state index in [9.17, 15) is 9.90 Å². The van der Waals surface area contributed by atoms with Crippen LogP contribution >= 0.6 is 0 Å². The Morgan fingerprint density at radius 2 is 2.30 bits per heavy atom. The van der Waals surface area contributed by atoms with Crippen LogP contribution in [0.2, 0.25) is 0 Å². The SMILES string of the molecule is C[C@H]1CN(Cc2cc(=O)oc3cc(O)ccc23)CCN1. The van der Waals surface area contributed by atoms with Gasteiger partial charge in [0.15, 0.2) is 0 Å². The molecule has 2 aromatic rings. The predicted octanol–water partition coefficient (Wildman–Crippen LogP) is 1.29. The Morgan fingerprint density at radius 3 is 3.10 bits per heavy atom. The zero-order chi connectivity index (χ0) is 14.1. The molecule has 1 aromatic carbocycles. The van der Waals surface area contributed by atoms with Gasteiger partial charge in [-0.1, -0.05) is 0 Å². The van der Waals surface area contributed by atoms with Crippen molar-refractivity contribution in [1.29, 1.82) is 0 Å². The number of hydrogen-bond acceptors (Lipinski definition) is 5. The zero-order valence-corrected chi connectivity index (χ0v) is 11.4. The number of fused-ring (bicyclic) bond motifs is 1. The fraction of sp³-hybridized carbons (Fsp3) is 0.400. The number of aromatic hydroxyl groups is 1. The van der Waals surface area contributed by atoms with Crippen molar-refractivity contribution in [2.45, 2.75) is 19.5 Å². The van der Waals surface area contributed by atoms with Crippen molar-refractivity contribution in [2.75, 3.05) is 19.6 Å². The summed E-state index contributed by atoms with van der Waals surface area (Å²) >= 11 is 0. The molecule has 2 N–H and O–H groups in total. The Labute approximate surface area is 116 Å². The van der Waals surface area contributed by atoms with E-state index in [-0.39, 0.29) is 11.4 Å². The number of nitrogens with zero attached hydrogens (tertiary/aromatic N) is 1. The number of hydrogen-bond donors (Lipinski definition) is 2. The molecule has 0 radical (unpaired) electrons. The van der Waals surface area contributed by atoms with Crippen LogP contribution in [0.3, 0.4) is 0 Å². The van der Waals surface area contributed by atoms with E-state index in [1.807, 2.05) is 0 Å². The molecule has 1 fully saturated rings. The second-order valence-electron chi connectivity index (χ2n) is 5.36. The van der Waals surface area contributed by atoms with Gasteiger partial charge in [0.25, 0.3) is 0 Å². The summed E-state index contributed by atoms with van der Waals surface area (Å²) in [6.07, 6.45) is 0. The molecule has 106 valence electrons. The first-order valence-electron chi connectivity index (χ1n) is 6.83. The quantitative estimate of drug-likeness (QED) is 0.808. The van der Waals surface area contributed by atoms with Gasteiger partial charge < -0.3 is 14.8 Å². The second-order valence-corrected chi connectivity index (χ2v) is 5.36. The van der Waals surface area contributed by atoms with Gasteiger partial charge in [0.1, 0.15) is 11.3 Å². The molecule has 0 amide bonds. The Morgan fingerprint density at radius 1 is 1.45 bits per heavy atom. The van der Waals surface area contributed by atoms with E-state index < -0.39 is 0 Å². The van der Waals surface area contributed by atoms with Gasteiger partial charge >= 0.3 is 5.63 Å². The lowest BCUT2D eigenvalue weighted by Crippen LogP contribution is -2.48. The highest BCUT2D eigenvalue weighted by Crippen LogP contribution is 2.23. The largest absolute Gasteiger partial charge is 0.508 e. The van der Waals surface area contributed by atoms with Gasteiger partial charge in [-0.05, 0) is 24.6 Å². The molecule has 2 heterocycles. The number of rotatable bonds is 2. The third-order valence-corrected chi connectivity index (χ3v) is 3.66. The highest BCUT2D eigenvalue weighted by atomic mass is 16.4. The molecular weight excluding hydrogens is 256 g/mol. The van der Waals surface area contributed by atoms with Gasteiger partial charge in [-0.3, -0.25) is 4.90 Å². The van der Waals surface area contributed by atoms with Crippen molar-refractivity contribution >= 4 is 11.0 Å². The normalized spacial score (nSPS) is 20.4. The molecule has 1 aliphatic heterocycles. The van der Waals surface area contributed by atoms with Gasteiger partial charge in [-0.25, -0.2) is 4.79 Å². The number of piperazine rings is 1. The molecule has 0 unspecified atom stereocenters. The average Bonchev–Trinajstić information content (AvgIpc) is 2.37. The van der Waals surface area contributed by atoms with Crippen LogP contribution in [-0.4, -0.2) is 35.7 Å². The molecule has 20 heavy (non-hydrogen) atoms. The molecule has 3 rings (SSSR count). The molecule has 5 heteroatoms. The average molecular weight is 274 g/mol. The van der Waals surface area contributed by atoms with Crippen LogP contribution in [0, 0.1) is 0 Å². The van der Waals surface area contributed by atoms with E-state index in [0.29, 0.717) is 11.6 Å². The summed E-state index contributed by atoms with van der Waals surface area (Å²) in [5.74, 6) is 0.105. The van der Waals surface area contributed by atoms with Crippen LogP contribution in [0.5, 0.6) is 5.75 Å². The Bertz CT molecular complexity index is 680. The molecule has 1 aliphatic rings. The van der Waals surface area contributed by atoms with E-state index in [4.69, 9.17) is 4.42 Å². The maximum atomic E-state index is 11.6. The Balaban J connectivity index is 1.96.